The summed E-state index contributed by atoms with van der Waals surface area (Å²) in [5.74, 6) is 2.36. The van der Waals surface area contributed by atoms with E-state index >= 15 is 0 Å². The molecule has 0 N–H and O–H groups in total. The van der Waals surface area contributed by atoms with Crippen LogP contribution in [-0.2, 0) is 0 Å². The summed E-state index contributed by atoms with van der Waals surface area (Å²) < 4.78 is 0. The lowest BCUT2D eigenvalue weighted by atomic mass is 9.83. The summed E-state index contributed by atoms with van der Waals surface area (Å²) in [6.07, 6.45) is 5.15. The Balaban J connectivity index is 1.86. The van der Waals surface area contributed by atoms with E-state index in [1.54, 1.807) is 11.3 Å². The van der Waals surface area contributed by atoms with Crippen molar-refractivity contribution in [1.82, 2.24) is 0 Å². The van der Waals surface area contributed by atoms with E-state index in [9.17, 15) is 4.79 Å². The van der Waals surface area contributed by atoms with Crippen molar-refractivity contribution < 1.29 is 4.79 Å². The molecule has 2 heteroatoms. The molecule has 3 unspecified atom stereocenters. The number of hydrogen-bond acceptors (Lipinski definition) is 2. The summed E-state index contributed by atoms with van der Waals surface area (Å²) in [6, 6.07) is 2.09. The molecule has 2 fully saturated rings. The lowest BCUT2D eigenvalue weighted by Gasteiger charge is -2.20. The van der Waals surface area contributed by atoms with Crippen LogP contribution in [0.5, 0.6) is 0 Å². The molecule has 0 aromatic carbocycles. The van der Waals surface area contributed by atoms with Crippen molar-refractivity contribution >= 4 is 17.1 Å². The molecule has 1 nitrogen and oxygen atoms in total. The molecule has 3 rings (SSSR count). The average Bonchev–Trinajstić information content (AvgIpc) is 2.91. The number of carbonyl (C=O) groups is 1. The standard InChI is InChI=1S/C14H18OS/c1-8-5-12(9(2)16-8)14(15)13-7-10-3-4-11(13)6-10/h5,10-11,13H,3-4,6-7H2,1-2H3. The second-order valence-corrected chi connectivity index (χ2v) is 6.93. The number of hydrogen-bond donors (Lipinski definition) is 0. The van der Waals surface area contributed by atoms with Crippen LogP contribution in [-0.4, -0.2) is 5.78 Å². The summed E-state index contributed by atoms with van der Waals surface area (Å²) in [7, 11) is 0. The number of carbonyl (C=O) groups excluding carboxylic acids is 1. The molecule has 16 heavy (non-hydrogen) atoms. The van der Waals surface area contributed by atoms with Gasteiger partial charge in [0.15, 0.2) is 5.78 Å². The Morgan fingerprint density at radius 1 is 1.31 bits per heavy atom. The number of thiophene rings is 1. The first-order chi connectivity index (χ1) is 7.65. The molecule has 2 aliphatic rings. The van der Waals surface area contributed by atoms with Crippen molar-refractivity contribution in [2.75, 3.05) is 0 Å². The van der Waals surface area contributed by atoms with Gasteiger partial charge in [0, 0.05) is 21.2 Å². The van der Waals surface area contributed by atoms with Gasteiger partial charge in [0.1, 0.15) is 0 Å². The molecule has 1 heterocycles. The number of Topliss-reactive ketones (excluding diaryl/α,β-unsaturated/α-hetero) is 1. The summed E-state index contributed by atoms with van der Waals surface area (Å²) in [6.45, 7) is 4.17. The van der Waals surface area contributed by atoms with E-state index in [4.69, 9.17) is 0 Å². The van der Waals surface area contributed by atoms with Crippen LogP contribution in [0, 0.1) is 31.6 Å². The maximum absolute atomic E-state index is 12.5. The molecule has 0 spiro atoms. The van der Waals surface area contributed by atoms with Gasteiger partial charge in [0.05, 0.1) is 0 Å². The molecule has 2 saturated carbocycles. The molecule has 3 atom stereocenters. The van der Waals surface area contributed by atoms with Crippen LogP contribution in [0.25, 0.3) is 0 Å². The SMILES string of the molecule is Cc1cc(C(=O)C2CC3CCC2C3)c(C)s1. The molecular weight excluding hydrogens is 216 g/mol. The van der Waals surface area contributed by atoms with E-state index in [0.29, 0.717) is 17.6 Å². The summed E-state index contributed by atoms with van der Waals surface area (Å²) in [5, 5.41) is 0. The predicted octanol–water partition coefficient (Wildman–Crippen LogP) is 3.98. The minimum atomic E-state index is 0.353. The Hall–Kier alpha value is -0.630. The fraction of sp³-hybridized carbons (Fsp3) is 0.643. The first-order valence-electron chi connectivity index (χ1n) is 6.26. The van der Waals surface area contributed by atoms with E-state index in [2.05, 4.69) is 19.9 Å². The lowest BCUT2D eigenvalue weighted by Crippen LogP contribution is -2.21. The molecule has 2 aliphatic carbocycles. The Labute approximate surface area is 101 Å². The van der Waals surface area contributed by atoms with Gasteiger partial charge in [-0.1, -0.05) is 6.42 Å². The zero-order chi connectivity index (χ0) is 11.3. The van der Waals surface area contributed by atoms with Crippen LogP contribution >= 0.6 is 11.3 Å². The molecule has 1 aromatic rings. The monoisotopic (exact) mass is 234 g/mol. The van der Waals surface area contributed by atoms with Gasteiger partial charge >= 0.3 is 0 Å². The van der Waals surface area contributed by atoms with Gasteiger partial charge in [0.25, 0.3) is 0 Å². The van der Waals surface area contributed by atoms with Gasteiger partial charge in [0.2, 0.25) is 0 Å². The fourth-order valence-electron chi connectivity index (χ4n) is 3.64. The Bertz CT molecular complexity index is 432. The second kappa shape index (κ2) is 3.69. The van der Waals surface area contributed by atoms with E-state index in [1.165, 1.54) is 29.0 Å². The Kier molecular flexibility index (Phi) is 2.43. The maximum Gasteiger partial charge on any atom is 0.167 e. The third kappa shape index (κ3) is 1.55. The van der Waals surface area contributed by atoms with Crippen LogP contribution in [0.1, 0.15) is 45.8 Å². The molecule has 2 bridgehead atoms. The number of aryl methyl sites for hydroxylation is 2. The average molecular weight is 234 g/mol. The highest BCUT2D eigenvalue weighted by atomic mass is 32.1. The minimum Gasteiger partial charge on any atom is -0.294 e. The Morgan fingerprint density at radius 2 is 2.12 bits per heavy atom. The van der Waals surface area contributed by atoms with E-state index in [-0.39, 0.29) is 0 Å². The smallest absolute Gasteiger partial charge is 0.167 e. The predicted molar refractivity (Wildman–Crippen MR) is 67.1 cm³/mol. The molecule has 0 saturated heterocycles. The zero-order valence-corrected chi connectivity index (χ0v) is 10.8. The van der Waals surface area contributed by atoms with E-state index in [1.807, 2.05) is 0 Å². The van der Waals surface area contributed by atoms with Crippen molar-refractivity contribution in [2.24, 2.45) is 17.8 Å². The zero-order valence-electron chi connectivity index (χ0n) is 9.95. The Morgan fingerprint density at radius 3 is 2.62 bits per heavy atom. The normalized spacial score (nSPS) is 32.2. The topological polar surface area (TPSA) is 17.1 Å². The van der Waals surface area contributed by atoms with Crippen LogP contribution in [0.3, 0.4) is 0 Å². The van der Waals surface area contributed by atoms with Crippen LogP contribution in [0.2, 0.25) is 0 Å². The van der Waals surface area contributed by atoms with Crippen molar-refractivity contribution in [3.05, 3.63) is 21.4 Å². The maximum atomic E-state index is 12.5. The van der Waals surface area contributed by atoms with Crippen molar-refractivity contribution in [3.8, 4) is 0 Å². The van der Waals surface area contributed by atoms with Crippen molar-refractivity contribution in [3.63, 3.8) is 0 Å². The first kappa shape index (κ1) is 10.5. The largest absolute Gasteiger partial charge is 0.294 e. The minimum absolute atomic E-state index is 0.353. The van der Waals surface area contributed by atoms with Crippen LogP contribution in [0.15, 0.2) is 6.07 Å². The van der Waals surface area contributed by atoms with E-state index in [0.717, 1.165) is 17.9 Å². The number of fused-ring (bicyclic) bond motifs is 2. The van der Waals surface area contributed by atoms with Gasteiger partial charge in [-0.15, -0.1) is 11.3 Å². The molecule has 86 valence electrons. The fourth-order valence-corrected chi connectivity index (χ4v) is 4.57. The van der Waals surface area contributed by atoms with Gasteiger partial charge in [-0.25, -0.2) is 0 Å². The lowest BCUT2D eigenvalue weighted by molar-refractivity contribution is 0.0874. The summed E-state index contributed by atoms with van der Waals surface area (Å²) in [5.41, 5.74) is 1.01. The van der Waals surface area contributed by atoms with Crippen LogP contribution in [0.4, 0.5) is 0 Å². The first-order valence-corrected chi connectivity index (χ1v) is 7.08. The third-order valence-corrected chi connectivity index (χ3v) is 5.35. The molecule has 0 aliphatic heterocycles. The highest BCUT2D eigenvalue weighted by Crippen LogP contribution is 2.49. The molecule has 0 radical (unpaired) electrons. The van der Waals surface area contributed by atoms with Gasteiger partial charge in [-0.3, -0.25) is 4.79 Å². The van der Waals surface area contributed by atoms with E-state index < -0.39 is 0 Å². The summed E-state index contributed by atoms with van der Waals surface area (Å²) in [4.78, 5) is 15.0. The number of rotatable bonds is 2. The van der Waals surface area contributed by atoms with Crippen LogP contribution < -0.4 is 0 Å². The van der Waals surface area contributed by atoms with Crippen molar-refractivity contribution in [2.45, 2.75) is 39.5 Å². The quantitative estimate of drug-likeness (QED) is 0.707. The molecular formula is C14H18OS. The third-order valence-electron chi connectivity index (χ3n) is 4.38. The van der Waals surface area contributed by atoms with Gasteiger partial charge in [-0.05, 0) is 51.0 Å². The molecule has 0 amide bonds. The van der Waals surface area contributed by atoms with Gasteiger partial charge in [-0.2, -0.15) is 0 Å². The molecule has 1 aromatic heterocycles. The van der Waals surface area contributed by atoms with Gasteiger partial charge < -0.3 is 0 Å². The second-order valence-electron chi connectivity index (χ2n) is 5.47. The van der Waals surface area contributed by atoms with Crippen molar-refractivity contribution in [1.29, 1.82) is 0 Å². The highest BCUT2D eigenvalue weighted by molar-refractivity contribution is 7.12. The summed E-state index contributed by atoms with van der Waals surface area (Å²) >= 11 is 1.76. The number of ketones is 1. The highest BCUT2D eigenvalue weighted by Gasteiger charge is 2.43.